The van der Waals surface area contributed by atoms with Crippen LogP contribution in [-0.2, 0) is 6.54 Å². The molecule has 0 aromatic carbocycles. The molecule has 0 radical (unpaired) electrons. The molecular formula is C8H8IN3O. The summed E-state index contributed by atoms with van der Waals surface area (Å²) in [6.07, 6.45) is 3.78. The lowest BCUT2D eigenvalue weighted by molar-refractivity contribution is 0.387. The lowest BCUT2D eigenvalue weighted by Gasteiger charge is -1.93. The Balaban J connectivity index is 2.14. The van der Waals surface area contributed by atoms with E-state index in [1.807, 2.05) is 30.1 Å². The molecule has 0 amide bonds. The van der Waals surface area contributed by atoms with Crippen molar-refractivity contribution in [3.05, 3.63) is 33.5 Å². The summed E-state index contributed by atoms with van der Waals surface area (Å²) in [5, 5.41) is 8.03. The van der Waals surface area contributed by atoms with Crippen LogP contribution in [0.5, 0.6) is 0 Å². The molecule has 0 spiro atoms. The van der Waals surface area contributed by atoms with E-state index in [-0.39, 0.29) is 0 Å². The van der Waals surface area contributed by atoms with Crippen LogP contribution >= 0.6 is 22.6 Å². The minimum Gasteiger partial charge on any atom is -0.361 e. The first kappa shape index (κ1) is 8.74. The summed E-state index contributed by atoms with van der Waals surface area (Å²) in [4.78, 5) is 0. The molecule has 0 saturated carbocycles. The predicted molar refractivity (Wildman–Crippen MR) is 55.3 cm³/mol. The molecule has 0 aliphatic heterocycles. The van der Waals surface area contributed by atoms with E-state index >= 15 is 0 Å². The maximum atomic E-state index is 4.95. The fourth-order valence-electron chi connectivity index (χ4n) is 1.08. The molecule has 0 aliphatic carbocycles. The fourth-order valence-corrected chi connectivity index (χ4v) is 1.53. The topological polar surface area (TPSA) is 43.9 Å². The Morgan fingerprint density at radius 1 is 1.62 bits per heavy atom. The third kappa shape index (κ3) is 2.09. The standard InChI is InChI=1S/C8H8IN3O/c1-6-2-8(11-13-6)5-12-4-7(9)3-10-12/h2-4H,5H2,1H3. The molecule has 68 valence electrons. The highest BCUT2D eigenvalue weighted by Gasteiger charge is 2.01. The summed E-state index contributed by atoms with van der Waals surface area (Å²) < 4.78 is 7.91. The second kappa shape index (κ2) is 3.49. The van der Waals surface area contributed by atoms with Gasteiger partial charge in [-0.05, 0) is 29.5 Å². The van der Waals surface area contributed by atoms with Gasteiger partial charge in [0.25, 0.3) is 0 Å². The number of halogens is 1. The molecular weight excluding hydrogens is 281 g/mol. The van der Waals surface area contributed by atoms with Gasteiger partial charge in [-0.25, -0.2) is 0 Å². The maximum Gasteiger partial charge on any atom is 0.133 e. The van der Waals surface area contributed by atoms with Gasteiger partial charge in [0.05, 0.1) is 16.3 Å². The highest BCUT2D eigenvalue weighted by atomic mass is 127. The van der Waals surface area contributed by atoms with E-state index in [2.05, 4.69) is 32.8 Å². The van der Waals surface area contributed by atoms with Crippen molar-refractivity contribution in [3.8, 4) is 0 Å². The molecule has 0 N–H and O–H groups in total. The van der Waals surface area contributed by atoms with Gasteiger partial charge in [-0.3, -0.25) is 4.68 Å². The smallest absolute Gasteiger partial charge is 0.133 e. The van der Waals surface area contributed by atoms with Crippen molar-refractivity contribution in [2.45, 2.75) is 13.5 Å². The third-order valence-electron chi connectivity index (χ3n) is 1.60. The average molecular weight is 289 g/mol. The van der Waals surface area contributed by atoms with Crippen LogP contribution in [0.15, 0.2) is 23.0 Å². The molecule has 13 heavy (non-hydrogen) atoms. The van der Waals surface area contributed by atoms with Gasteiger partial charge < -0.3 is 4.52 Å². The Hall–Kier alpha value is -0.850. The van der Waals surface area contributed by atoms with Gasteiger partial charge in [-0.2, -0.15) is 5.10 Å². The number of aryl methyl sites for hydroxylation is 1. The number of hydrogen-bond donors (Lipinski definition) is 0. The third-order valence-corrected chi connectivity index (χ3v) is 2.16. The molecule has 0 unspecified atom stereocenters. The van der Waals surface area contributed by atoms with Crippen LogP contribution in [-0.4, -0.2) is 14.9 Å². The van der Waals surface area contributed by atoms with Crippen LogP contribution in [0.4, 0.5) is 0 Å². The minimum absolute atomic E-state index is 0.667. The summed E-state index contributed by atoms with van der Waals surface area (Å²) in [5.74, 6) is 0.830. The highest BCUT2D eigenvalue weighted by molar-refractivity contribution is 14.1. The van der Waals surface area contributed by atoms with Crippen molar-refractivity contribution in [1.82, 2.24) is 14.9 Å². The molecule has 0 fully saturated rings. The van der Waals surface area contributed by atoms with E-state index in [1.54, 1.807) is 0 Å². The van der Waals surface area contributed by atoms with E-state index in [4.69, 9.17) is 4.52 Å². The van der Waals surface area contributed by atoms with Gasteiger partial charge in [-0.15, -0.1) is 0 Å². The molecule has 2 aromatic rings. The summed E-state index contributed by atoms with van der Waals surface area (Å²) in [5.41, 5.74) is 0.900. The van der Waals surface area contributed by atoms with E-state index in [1.165, 1.54) is 0 Å². The zero-order valence-electron chi connectivity index (χ0n) is 7.07. The lowest BCUT2D eigenvalue weighted by atomic mass is 10.4. The van der Waals surface area contributed by atoms with Crippen LogP contribution in [0.3, 0.4) is 0 Å². The minimum atomic E-state index is 0.667. The summed E-state index contributed by atoms with van der Waals surface area (Å²) >= 11 is 2.22. The highest BCUT2D eigenvalue weighted by Crippen LogP contribution is 2.06. The van der Waals surface area contributed by atoms with E-state index in [0.717, 1.165) is 15.0 Å². The molecule has 5 heteroatoms. The molecule has 0 saturated heterocycles. The van der Waals surface area contributed by atoms with Gasteiger partial charge in [0, 0.05) is 12.3 Å². The van der Waals surface area contributed by atoms with Crippen LogP contribution < -0.4 is 0 Å². The van der Waals surface area contributed by atoms with Gasteiger partial charge >= 0.3 is 0 Å². The molecule has 0 bridgehead atoms. The SMILES string of the molecule is Cc1cc(Cn2cc(I)cn2)no1. The summed E-state index contributed by atoms with van der Waals surface area (Å²) in [6.45, 7) is 2.55. The van der Waals surface area contributed by atoms with Crippen LogP contribution in [0.25, 0.3) is 0 Å². The average Bonchev–Trinajstić information content (AvgIpc) is 2.62. The van der Waals surface area contributed by atoms with Gasteiger partial charge in [-0.1, -0.05) is 5.16 Å². The normalized spacial score (nSPS) is 10.6. The first-order chi connectivity index (χ1) is 6.24. The van der Waals surface area contributed by atoms with E-state index in [9.17, 15) is 0 Å². The Labute approximate surface area is 89.1 Å². The fraction of sp³-hybridized carbons (Fsp3) is 0.250. The van der Waals surface area contributed by atoms with Crippen molar-refractivity contribution < 1.29 is 4.52 Å². The van der Waals surface area contributed by atoms with Crippen LogP contribution in [0.2, 0.25) is 0 Å². The first-order valence-corrected chi connectivity index (χ1v) is 4.92. The Morgan fingerprint density at radius 2 is 2.46 bits per heavy atom. The predicted octanol–water partition coefficient (Wildman–Crippen LogP) is 1.83. The van der Waals surface area contributed by atoms with E-state index in [0.29, 0.717) is 6.54 Å². The Kier molecular flexibility index (Phi) is 2.34. The zero-order chi connectivity index (χ0) is 9.26. The van der Waals surface area contributed by atoms with Crippen molar-refractivity contribution in [1.29, 1.82) is 0 Å². The number of aromatic nitrogens is 3. The first-order valence-electron chi connectivity index (χ1n) is 3.84. The molecule has 4 nitrogen and oxygen atoms in total. The molecule has 2 rings (SSSR count). The molecule has 2 aromatic heterocycles. The number of rotatable bonds is 2. The van der Waals surface area contributed by atoms with Crippen molar-refractivity contribution in [3.63, 3.8) is 0 Å². The van der Waals surface area contributed by atoms with Crippen molar-refractivity contribution >= 4 is 22.6 Å². The van der Waals surface area contributed by atoms with Gasteiger partial charge in [0.2, 0.25) is 0 Å². The monoisotopic (exact) mass is 289 g/mol. The van der Waals surface area contributed by atoms with E-state index < -0.39 is 0 Å². The molecule has 0 atom stereocenters. The summed E-state index contributed by atoms with van der Waals surface area (Å²) in [7, 11) is 0. The van der Waals surface area contributed by atoms with Gasteiger partial charge in [0.15, 0.2) is 0 Å². The molecule has 2 heterocycles. The quantitative estimate of drug-likeness (QED) is 0.792. The van der Waals surface area contributed by atoms with Crippen LogP contribution in [0.1, 0.15) is 11.5 Å². The van der Waals surface area contributed by atoms with Gasteiger partial charge in [0.1, 0.15) is 11.5 Å². The number of hydrogen-bond acceptors (Lipinski definition) is 3. The lowest BCUT2D eigenvalue weighted by Crippen LogP contribution is -1.99. The van der Waals surface area contributed by atoms with Crippen LogP contribution in [0, 0.1) is 10.5 Å². The Bertz CT molecular complexity index is 369. The number of nitrogens with zero attached hydrogens (tertiary/aromatic N) is 3. The zero-order valence-corrected chi connectivity index (χ0v) is 9.22. The second-order valence-corrected chi connectivity index (χ2v) is 4.03. The van der Waals surface area contributed by atoms with Crippen molar-refractivity contribution in [2.24, 2.45) is 0 Å². The Morgan fingerprint density at radius 3 is 3.00 bits per heavy atom. The maximum absolute atomic E-state index is 4.95. The van der Waals surface area contributed by atoms with Crippen molar-refractivity contribution in [2.75, 3.05) is 0 Å². The largest absolute Gasteiger partial charge is 0.361 e. The second-order valence-electron chi connectivity index (χ2n) is 2.79. The summed E-state index contributed by atoms with van der Waals surface area (Å²) in [6, 6.07) is 1.91. The molecule has 0 aliphatic rings.